The summed E-state index contributed by atoms with van der Waals surface area (Å²) in [6.07, 6.45) is -0.475. The Kier molecular flexibility index (Phi) is 6.52. The van der Waals surface area contributed by atoms with Crippen LogP contribution in [0.2, 0.25) is 0 Å². The van der Waals surface area contributed by atoms with Crippen LogP contribution in [0.1, 0.15) is 17.2 Å². The van der Waals surface area contributed by atoms with Crippen molar-refractivity contribution in [3.63, 3.8) is 0 Å². The second-order valence-electron chi connectivity index (χ2n) is 5.32. The van der Waals surface area contributed by atoms with Crippen molar-refractivity contribution in [2.75, 3.05) is 7.11 Å². The Morgan fingerprint density at radius 2 is 1.75 bits per heavy atom. The number of primary amides is 1. The van der Waals surface area contributed by atoms with Crippen molar-refractivity contribution in [2.24, 2.45) is 5.73 Å². The number of methoxy groups -OCH3 is 1. The van der Waals surface area contributed by atoms with Gasteiger partial charge in [0.05, 0.1) is 0 Å². The standard InChI is InChI=1S/C18H19BrN2O3/c1-24-16(13-5-3-2-4-6-13)18(23)21-15(17(20)22)11-12-7-9-14(19)10-8-12/h2-10,15-16H,11H2,1H3,(H2,20,22)(H,21,23)/t15-,16+/m1/s1. The predicted molar refractivity (Wildman–Crippen MR) is 95.2 cm³/mol. The number of ether oxygens (including phenoxy) is 1. The zero-order valence-electron chi connectivity index (χ0n) is 13.2. The fourth-order valence-electron chi connectivity index (χ4n) is 2.35. The SMILES string of the molecule is CO[C@H](C(=O)N[C@H](Cc1ccc(Br)cc1)C(N)=O)c1ccccc1. The van der Waals surface area contributed by atoms with Crippen molar-refractivity contribution in [3.8, 4) is 0 Å². The highest BCUT2D eigenvalue weighted by atomic mass is 79.9. The van der Waals surface area contributed by atoms with E-state index in [-0.39, 0.29) is 0 Å². The summed E-state index contributed by atoms with van der Waals surface area (Å²) in [6, 6.07) is 15.8. The van der Waals surface area contributed by atoms with Crippen LogP contribution in [-0.2, 0) is 20.7 Å². The third-order valence-electron chi connectivity index (χ3n) is 3.59. The Morgan fingerprint density at radius 3 is 2.29 bits per heavy atom. The van der Waals surface area contributed by atoms with Crippen molar-refractivity contribution in [3.05, 3.63) is 70.2 Å². The van der Waals surface area contributed by atoms with Crippen LogP contribution in [-0.4, -0.2) is 25.0 Å². The molecule has 2 aromatic carbocycles. The van der Waals surface area contributed by atoms with Gasteiger partial charge in [-0.2, -0.15) is 0 Å². The first kappa shape index (κ1) is 18.2. The Hall–Kier alpha value is -2.18. The van der Waals surface area contributed by atoms with E-state index in [4.69, 9.17) is 10.5 Å². The number of amides is 2. The van der Waals surface area contributed by atoms with Crippen molar-refractivity contribution in [1.82, 2.24) is 5.32 Å². The van der Waals surface area contributed by atoms with E-state index in [0.29, 0.717) is 12.0 Å². The van der Waals surface area contributed by atoms with E-state index in [9.17, 15) is 9.59 Å². The number of hydrogen-bond donors (Lipinski definition) is 2. The zero-order chi connectivity index (χ0) is 17.5. The Labute approximate surface area is 149 Å². The number of benzene rings is 2. The summed E-state index contributed by atoms with van der Waals surface area (Å²) in [5.74, 6) is -0.987. The summed E-state index contributed by atoms with van der Waals surface area (Å²) in [6.45, 7) is 0. The largest absolute Gasteiger partial charge is 0.368 e. The van der Waals surface area contributed by atoms with Crippen LogP contribution in [0.5, 0.6) is 0 Å². The van der Waals surface area contributed by atoms with Gasteiger partial charge in [0.1, 0.15) is 6.04 Å². The highest BCUT2D eigenvalue weighted by Crippen LogP contribution is 2.17. The van der Waals surface area contributed by atoms with Crippen LogP contribution in [0.3, 0.4) is 0 Å². The highest BCUT2D eigenvalue weighted by Gasteiger charge is 2.25. The maximum Gasteiger partial charge on any atom is 0.254 e. The molecule has 126 valence electrons. The second-order valence-corrected chi connectivity index (χ2v) is 6.24. The molecule has 5 nitrogen and oxygen atoms in total. The Morgan fingerprint density at radius 1 is 1.12 bits per heavy atom. The molecule has 2 atom stereocenters. The molecule has 0 radical (unpaired) electrons. The normalized spacial score (nSPS) is 13.1. The fraction of sp³-hybridized carbons (Fsp3) is 0.222. The van der Waals surface area contributed by atoms with Gasteiger partial charge in [0.25, 0.3) is 5.91 Å². The molecule has 0 saturated carbocycles. The molecule has 0 aliphatic rings. The van der Waals surface area contributed by atoms with E-state index in [1.54, 1.807) is 12.1 Å². The second kappa shape index (κ2) is 8.61. The number of nitrogens with two attached hydrogens (primary N) is 1. The zero-order valence-corrected chi connectivity index (χ0v) is 14.8. The lowest BCUT2D eigenvalue weighted by molar-refractivity contribution is -0.134. The lowest BCUT2D eigenvalue weighted by Crippen LogP contribution is -2.47. The summed E-state index contributed by atoms with van der Waals surface area (Å²) >= 11 is 3.36. The number of nitrogens with one attached hydrogen (secondary N) is 1. The quantitative estimate of drug-likeness (QED) is 0.760. The maximum atomic E-state index is 12.5. The average Bonchev–Trinajstić information content (AvgIpc) is 2.57. The fourth-order valence-corrected chi connectivity index (χ4v) is 2.61. The molecule has 0 saturated heterocycles. The van der Waals surface area contributed by atoms with Crippen molar-refractivity contribution < 1.29 is 14.3 Å². The smallest absolute Gasteiger partial charge is 0.254 e. The van der Waals surface area contributed by atoms with Gasteiger partial charge in [-0.15, -0.1) is 0 Å². The highest BCUT2D eigenvalue weighted by molar-refractivity contribution is 9.10. The molecule has 0 fully saturated rings. The van der Waals surface area contributed by atoms with E-state index in [2.05, 4.69) is 21.2 Å². The first-order valence-corrected chi connectivity index (χ1v) is 8.22. The van der Waals surface area contributed by atoms with E-state index < -0.39 is 24.0 Å². The molecule has 0 spiro atoms. The minimum atomic E-state index is -0.806. The molecule has 24 heavy (non-hydrogen) atoms. The third kappa shape index (κ3) is 4.91. The van der Waals surface area contributed by atoms with Crippen LogP contribution < -0.4 is 11.1 Å². The van der Waals surface area contributed by atoms with E-state index in [1.165, 1.54) is 7.11 Å². The van der Waals surface area contributed by atoms with Gasteiger partial charge in [-0.25, -0.2) is 0 Å². The van der Waals surface area contributed by atoms with E-state index in [1.807, 2.05) is 42.5 Å². The molecular formula is C18H19BrN2O3. The van der Waals surface area contributed by atoms with Crippen LogP contribution in [0.25, 0.3) is 0 Å². The van der Waals surface area contributed by atoms with Gasteiger partial charge < -0.3 is 15.8 Å². The Balaban J connectivity index is 2.10. The molecular weight excluding hydrogens is 372 g/mol. The minimum Gasteiger partial charge on any atom is -0.368 e. The molecule has 6 heteroatoms. The molecule has 0 aliphatic heterocycles. The summed E-state index contributed by atoms with van der Waals surface area (Å²) < 4.78 is 6.21. The molecule has 2 rings (SSSR count). The van der Waals surface area contributed by atoms with Crippen LogP contribution >= 0.6 is 15.9 Å². The molecule has 0 heterocycles. The van der Waals surface area contributed by atoms with Gasteiger partial charge in [-0.1, -0.05) is 58.4 Å². The number of rotatable bonds is 7. The number of hydrogen-bond acceptors (Lipinski definition) is 3. The molecule has 3 N–H and O–H groups in total. The predicted octanol–water partition coefficient (Wildman–Crippen LogP) is 2.35. The van der Waals surface area contributed by atoms with Gasteiger partial charge in [-0.05, 0) is 23.3 Å². The molecule has 0 aromatic heterocycles. The molecule has 0 bridgehead atoms. The van der Waals surface area contributed by atoms with Gasteiger partial charge in [0, 0.05) is 18.0 Å². The average molecular weight is 391 g/mol. The Bertz CT molecular complexity index is 689. The van der Waals surface area contributed by atoms with Crippen molar-refractivity contribution in [2.45, 2.75) is 18.6 Å². The molecule has 2 aromatic rings. The lowest BCUT2D eigenvalue weighted by Gasteiger charge is -2.20. The molecule has 0 aliphatic carbocycles. The van der Waals surface area contributed by atoms with E-state index >= 15 is 0 Å². The van der Waals surface area contributed by atoms with Crippen molar-refractivity contribution >= 4 is 27.7 Å². The minimum absolute atomic E-state index is 0.319. The topological polar surface area (TPSA) is 81.4 Å². The summed E-state index contributed by atoms with van der Waals surface area (Å²) in [4.78, 5) is 24.2. The van der Waals surface area contributed by atoms with Crippen molar-refractivity contribution in [1.29, 1.82) is 0 Å². The molecule has 2 amide bonds. The molecule has 0 unspecified atom stereocenters. The first-order chi connectivity index (χ1) is 11.5. The van der Waals surface area contributed by atoms with Gasteiger partial charge in [-0.3, -0.25) is 9.59 Å². The van der Waals surface area contributed by atoms with Crippen LogP contribution in [0.15, 0.2) is 59.1 Å². The monoisotopic (exact) mass is 390 g/mol. The summed E-state index contributed by atoms with van der Waals surface area (Å²) in [5, 5.41) is 2.68. The number of carbonyl (C=O) groups excluding carboxylic acids is 2. The van der Waals surface area contributed by atoms with E-state index in [0.717, 1.165) is 10.0 Å². The first-order valence-electron chi connectivity index (χ1n) is 7.43. The summed E-state index contributed by atoms with van der Waals surface area (Å²) in [7, 11) is 1.45. The number of halogens is 1. The third-order valence-corrected chi connectivity index (χ3v) is 4.12. The van der Waals surface area contributed by atoms with Gasteiger partial charge >= 0.3 is 0 Å². The van der Waals surface area contributed by atoms with Crippen LogP contribution in [0.4, 0.5) is 0 Å². The van der Waals surface area contributed by atoms with Gasteiger partial charge in [0.2, 0.25) is 5.91 Å². The lowest BCUT2D eigenvalue weighted by atomic mass is 10.0. The van der Waals surface area contributed by atoms with Crippen LogP contribution in [0, 0.1) is 0 Å². The van der Waals surface area contributed by atoms with Gasteiger partial charge in [0.15, 0.2) is 6.10 Å². The maximum absolute atomic E-state index is 12.5. The summed E-state index contributed by atoms with van der Waals surface area (Å²) in [5.41, 5.74) is 7.05. The number of carbonyl (C=O) groups is 2.